The topological polar surface area (TPSA) is 119 Å². The second-order valence-corrected chi connectivity index (χ2v) is 12.5. The van der Waals surface area contributed by atoms with Crippen molar-refractivity contribution in [3.8, 4) is 0 Å². The third-order valence-corrected chi connectivity index (χ3v) is 7.29. The molecule has 0 bridgehead atoms. The summed E-state index contributed by atoms with van der Waals surface area (Å²) in [6.45, 7) is 5.90. The first kappa shape index (κ1) is 38.0. The van der Waals surface area contributed by atoms with Crippen LogP contribution in [0.1, 0.15) is 156 Å². The Kier molecular flexibility index (Phi) is 25.3. The SMILES string of the molecule is CCCCCCCC(=O)OC[C@H](COP(=O)(O)O)OC(=O)CCCCCCCCCCCCCCCC(C)C. The van der Waals surface area contributed by atoms with E-state index in [2.05, 4.69) is 25.3 Å². The third kappa shape index (κ3) is 29.8. The van der Waals surface area contributed by atoms with Crippen molar-refractivity contribution in [3.05, 3.63) is 0 Å². The van der Waals surface area contributed by atoms with Gasteiger partial charge in [0.25, 0.3) is 0 Å². The van der Waals surface area contributed by atoms with Crippen molar-refractivity contribution in [2.75, 3.05) is 13.2 Å². The minimum absolute atomic E-state index is 0.217. The molecule has 232 valence electrons. The molecule has 0 fully saturated rings. The lowest BCUT2D eigenvalue weighted by molar-refractivity contribution is -0.161. The number of phosphoric ester groups is 1. The van der Waals surface area contributed by atoms with Gasteiger partial charge in [0.1, 0.15) is 6.61 Å². The van der Waals surface area contributed by atoms with Gasteiger partial charge in [0.15, 0.2) is 6.10 Å². The fourth-order valence-corrected chi connectivity index (χ4v) is 4.80. The molecule has 0 saturated heterocycles. The molecule has 1 atom stereocenters. The zero-order chi connectivity index (χ0) is 29.2. The number of unbranched alkanes of at least 4 members (excludes halogenated alkanes) is 16. The van der Waals surface area contributed by atoms with Crippen molar-refractivity contribution in [1.29, 1.82) is 0 Å². The quantitative estimate of drug-likeness (QED) is 0.0539. The largest absolute Gasteiger partial charge is 0.469 e. The Morgan fingerprint density at radius 3 is 1.54 bits per heavy atom. The molecule has 8 nitrogen and oxygen atoms in total. The summed E-state index contributed by atoms with van der Waals surface area (Å²) in [6, 6.07) is 0. The van der Waals surface area contributed by atoms with E-state index in [1.807, 2.05) is 0 Å². The molecule has 2 N–H and O–H groups in total. The summed E-state index contributed by atoms with van der Waals surface area (Å²) in [6.07, 6.45) is 21.6. The number of carbonyl (C=O) groups is 2. The van der Waals surface area contributed by atoms with Gasteiger partial charge in [-0.05, 0) is 18.8 Å². The fourth-order valence-electron chi connectivity index (χ4n) is 4.44. The van der Waals surface area contributed by atoms with Crippen LogP contribution in [0, 0.1) is 5.92 Å². The molecule has 0 heterocycles. The van der Waals surface area contributed by atoms with Crippen molar-refractivity contribution >= 4 is 19.8 Å². The van der Waals surface area contributed by atoms with E-state index in [9.17, 15) is 14.2 Å². The number of carbonyl (C=O) groups excluding carboxylic acids is 2. The van der Waals surface area contributed by atoms with E-state index >= 15 is 0 Å². The number of hydrogen-bond donors (Lipinski definition) is 2. The molecule has 0 aromatic heterocycles. The van der Waals surface area contributed by atoms with Crippen LogP contribution in [-0.4, -0.2) is 41.0 Å². The standard InChI is InChI=1S/C30H59O8P/c1-4-5-6-16-20-23-29(31)36-25-28(26-37-39(33,34)35)38-30(32)24-21-18-15-13-11-9-7-8-10-12-14-17-19-22-27(2)3/h27-28H,4-26H2,1-3H3,(H2,33,34,35)/t28-/m1/s1. The maximum Gasteiger partial charge on any atom is 0.469 e. The lowest BCUT2D eigenvalue weighted by Crippen LogP contribution is -2.29. The number of rotatable bonds is 28. The molecule has 0 saturated carbocycles. The molecule has 0 spiro atoms. The Hall–Kier alpha value is -0.950. The molecule has 0 amide bonds. The minimum Gasteiger partial charge on any atom is -0.462 e. The van der Waals surface area contributed by atoms with E-state index < -0.39 is 32.5 Å². The molecular formula is C30H59O8P. The second kappa shape index (κ2) is 26.0. The summed E-state index contributed by atoms with van der Waals surface area (Å²) in [5.41, 5.74) is 0. The molecule has 0 aliphatic heterocycles. The second-order valence-electron chi connectivity index (χ2n) is 11.3. The number of esters is 2. The molecular weight excluding hydrogens is 519 g/mol. The van der Waals surface area contributed by atoms with Crippen LogP contribution in [-0.2, 0) is 28.2 Å². The van der Waals surface area contributed by atoms with E-state index in [1.165, 1.54) is 64.2 Å². The van der Waals surface area contributed by atoms with Crippen molar-refractivity contribution < 1.29 is 37.9 Å². The van der Waals surface area contributed by atoms with E-state index in [0.29, 0.717) is 6.42 Å². The van der Waals surface area contributed by atoms with Gasteiger partial charge < -0.3 is 19.3 Å². The molecule has 0 aromatic carbocycles. The van der Waals surface area contributed by atoms with E-state index in [1.54, 1.807) is 0 Å². The maximum absolute atomic E-state index is 12.2. The Bertz CT molecular complexity index is 634. The molecule has 9 heteroatoms. The highest BCUT2D eigenvalue weighted by molar-refractivity contribution is 7.46. The van der Waals surface area contributed by atoms with Crippen molar-refractivity contribution in [2.45, 2.75) is 162 Å². The lowest BCUT2D eigenvalue weighted by Gasteiger charge is -2.18. The monoisotopic (exact) mass is 578 g/mol. The molecule has 0 aliphatic carbocycles. The average molecular weight is 579 g/mol. The average Bonchev–Trinajstić information content (AvgIpc) is 2.87. The van der Waals surface area contributed by atoms with Crippen LogP contribution in [0.2, 0.25) is 0 Å². The Labute approximate surface area is 238 Å². The first-order chi connectivity index (χ1) is 18.6. The summed E-state index contributed by atoms with van der Waals surface area (Å²) >= 11 is 0. The van der Waals surface area contributed by atoms with Gasteiger partial charge in [-0.25, -0.2) is 4.57 Å². The van der Waals surface area contributed by atoms with Crippen LogP contribution in [0.4, 0.5) is 0 Å². The number of hydrogen-bond acceptors (Lipinski definition) is 6. The molecule has 0 aliphatic rings. The normalized spacial score (nSPS) is 12.6. The predicted octanol–water partition coefficient (Wildman–Crippen LogP) is 8.42. The van der Waals surface area contributed by atoms with Gasteiger partial charge >= 0.3 is 19.8 Å². The maximum atomic E-state index is 12.2. The lowest BCUT2D eigenvalue weighted by atomic mass is 10.0. The highest BCUT2D eigenvalue weighted by Crippen LogP contribution is 2.35. The van der Waals surface area contributed by atoms with Crippen LogP contribution in [0.5, 0.6) is 0 Å². The van der Waals surface area contributed by atoms with Gasteiger partial charge in [-0.1, -0.05) is 130 Å². The minimum atomic E-state index is -4.73. The van der Waals surface area contributed by atoms with Crippen molar-refractivity contribution in [2.24, 2.45) is 5.92 Å². The van der Waals surface area contributed by atoms with Gasteiger partial charge in [-0.3, -0.25) is 14.1 Å². The summed E-state index contributed by atoms with van der Waals surface area (Å²) in [5, 5.41) is 0. The van der Waals surface area contributed by atoms with Gasteiger partial charge in [-0.15, -0.1) is 0 Å². The van der Waals surface area contributed by atoms with Crippen LogP contribution >= 0.6 is 7.82 Å². The molecule has 0 radical (unpaired) electrons. The van der Waals surface area contributed by atoms with Crippen LogP contribution in [0.15, 0.2) is 0 Å². The Morgan fingerprint density at radius 2 is 1.08 bits per heavy atom. The van der Waals surface area contributed by atoms with Gasteiger partial charge in [0, 0.05) is 12.8 Å². The fraction of sp³-hybridized carbons (Fsp3) is 0.933. The third-order valence-electron chi connectivity index (χ3n) is 6.80. The highest BCUT2D eigenvalue weighted by atomic mass is 31.2. The number of ether oxygens (including phenoxy) is 2. The van der Waals surface area contributed by atoms with Crippen LogP contribution in [0.25, 0.3) is 0 Å². The van der Waals surface area contributed by atoms with Crippen molar-refractivity contribution in [1.82, 2.24) is 0 Å². The van der Waals surface area contributed by atoms with Gasteiger partial charge in [0.2, 0.25) is 0 Å². The summed E-state index contributed by atoms with van der Waals surface area (Å²) in [5.74, 6) is -0.0680. The first-order valence-corrected chi connectivity index (χ1v) is 17.2. The Morgan fingerprint density at radius 1 is 0.641 bits per heavy atom. The summed E-state index contributed by atoms with van der Waals surface area (Å²) in [4.78, 5) is 42.1. The predicted molar refractivity (Wildman–Crippen MR) is 156 cm³/mol. The summed E-state index contributed by atoms with van der Waals surface area (Å²) in [7, 11) is -4.73. The molecule has 39 heavy (non-hydrogen) atoms. The smallest absolute Gasteiger partial charge is 0.462 e. The van der Waals surface area contributed by atoms with E-state index in [4.69, 9.17) is 19.3 Å². The first-order valence-electron chi connectivity index (χ1n) is 15.7. The zero-order valence-corrected chi connectivity index (χ0v) is 26.1. The van der Waals surface area contributed by atoms with E-state index in [-0.39, 0.29) is 19.4 Å². The van der Waals surface area contributed by atoms with Crippen LogP contribution in [0.3, 0.4) is 0 Å². The van der Waals surface area contributed by atoms with Crippen molar-refractivity contribution in [3.63, 3.8) is 0 Å². The van der Waals surface area contributed by atoms with Gasteiger partial charge in [0.05, 0.1) is 6.61 Å². The van der Waals surface area contributed by atoms with Crippen LogP contribution < -0.4 is 0 Å². The number of phosphoric acid groups is 1. The highest BCUT2D eigenvalue weighted by Gasteiger charge is 2.22. The van der Waals surface area contributed by atoms with E-state index in [0.717, 1.165) is 57.3 Å². The Balaban J connectivity index is 3.90. The molecule has 0 unspecified atom stereocenters. The van der Waals surface area contributed by atoms with Gasteiger partial charge in [-0.2, -0.15) is 0 Å². The molecule has 0 aromatic rings. The summed E-state index contributed by atoms with van der Waals surface area (Å²) < 4.78 is 26.0. The molecule has 0 rings (SSSR count). The zero-order valence-electron chi connectivity index (χ0n) is 25.2.